The minimum Gasteiger partial charge on any atom is -0.497 e. The molecule has 0 unspecified atom stereocenters. The van der Waals surface area contributed by atoms with Gasteiger partial charge in [-0.3, -0.25) is 0 Å². The molecule has 3 rings (SSSR count). The van der Waals surface area contributed by atoms with E-state index in [1.807, 2.05) is 37.7 Å². The van der Waals surface area contributed by atoms with Crippen molar-refractivity contribution in [2.45, 2.75) is 26.4 Å². The van der Waals surface area contributed by atoms with E-state index in [-0.39, 0.29) is 24.0 Å². The molecule has 0 atom stereocenters. The third-order valence-corrected chi connectivity index (χ3v) is 5.22. The fourth-order valence-electron chi connectivity index (χ4n) is 3.14. The summed E-state index contributed by atoms with van der Waals surface area (Å²) in [7, 11) is 7.75. The van der Waals surface area contributed by atoms with E-state index >= 15 is 0 Å². The zero-order valence-electron chi connectivity index (χ0n) is 18.9. The number of hydrogen-bond donors (Lipinski definition) is 1. The van der Waals surface area contributed by atoms with Gasteiger partial charge in [-0.1, -0.05) is 12.1 Å². The molecule has 0 bridgehead atoms. The van der Waals surface area contributed by atoms with E-state index in [1.165, 1.54) is 11.3 Å². The number of nitrogens with one attached hydrogen (secondary N) is 1. The van der Waals surface area contributed by atoms with Crippen molar-refractivity contribution in [3.8, 4) is 5.75 Å². The summed E-state index contributed by atoms with van der Waals surface area (Å²) in [6.45, 7) is 3.95. The molecule has 0 amide bonds. The average Bonchev–Trinajstić information content (AvgIpc) is 3.30. The highest BCUT2D eigenvalue weighted by Gasteiger charge is 2.11. The van der Waals surface area contributed by atoms with Gasteiger partial charge in [0.25, 0.3) is 0 Å². The monoisotopic (exact) mass is 537 g/mol. The Morgan fingerprint density at radius 3 is 2.48 bits per heavy atom. The molecule has 1 aromatic carbocycles. The van der Waals surface area contributed by atoms with Crippen LogP contribution in [-0.2, 0) is 33.6 Å². The lowest BCUT2D eigenvalue weighted by molar-refractivity contribution is 0.414. The number of ether oxygens (including phenoxy) is 1. The van der Waals surface area contributed by atoms with Crippen LogP contribution in [0.2, 0.25) is 0 Å². The Bertz CT molecular complexity index is 978. The second-order valence-electron chi connectivity index (χ2n) is 7.35. The molecule has 0 saturated heterocycles. The second kappa shape index (κ2) is 11.7. The van der Waals surface area contributed by atoms with Crippen LogP contribution in [0.5, 0.6) is 5.75 Å². The Hall–Kier alpha value is -2.56. The lowest BCUT2D eigenvalue weighted by Crippen LogP contribution is -2.40. The van der Waals surface area contributed by atoms with Gasteiger partial charge in [0.05, 0.1) is 13.7 Å². The summed E-state index contributed by atoms with van der Waals surface area (Å²) in [6, 6.07) is 12.3. The normalized spacial score (nSPS) is 11.2. The molecular formula is C22H32IN7O. The van der Waals surface area contributed by atoms with Crippen molar-refractivity contribution in [1.82, 2.24) is 29.5 Å². The van der Waals surface area contributed by atoms with Gasteiger partial charge in [-0.05, 0) is 43.2 Å². The summed E-state index contributed by atoms with van der Waals surface area (Å²) in [6.07, 6.45) is 2.95. The summed E-state index contributed by atoms with van der Waals surface area (Å²) in [5.74, 6) is 3.43. The maximum atomic E-state index is 5.23. The van der Waals surface area contributed by atoms with E-state index in [0.717, 1.165) is 42.9 Å². The standard InChI is InChI=1S/C22H31N7O.HI/c1-17-25-26-21(29(17)4)15-24-22(28(3)16-19-7-6-14-27(19)2)23-13-12-18-8-10-20(30-5)11-9-18;/h6-11,14H,12-13,15-16H2,1-5H3,(H,23,24);1H. The van der Waals surface area contributed by atoms with Crippen molar-refractivity contribution < 1.29 is 4.74 Å². The van der Waals surface area contributed by atoms with Gasteiger partial charge in [0, 0.05) is 39.6 Å². The summed E-state index contributed by atoms with van der Waals surface area (Å²) >= 11 is 0. The van der Waals surface area contributed by atoms with Crippen molar-refractivity contribution in [3.63, 3.8) is 0 Å². The largest absolute Gasteiger partial charge is 0.497 e. The highest BCUT2D eigenvalue weighted by molar-refractivity contribution is 14.0. The van der Waals surface area contributed by atoms with Crippen LogP contribution in [0.15, 0.2) is 47.6 Å². The van der Waals surface area contributed by atoms with Gasteiger partial charge in [-0.25, -0.2) is 4.99 Å². The summed E-state index contributed by atoms with van der Waals surface area (Å²) in [4.78, 5) is 6.95. The lowest BCUT2D eigenvalue weighted by atomic mass is 10.1. The molecule has 0 saturated carbocycles. The number of hydrogen-bond acceptors (Lipinski definition) is 4. The van der Waals surface area contributed by atoms with Gasteiger partial charge in [0.1, 0.15) is 18.1 Å². The predicted molar refractivity (Wildman–Crippen MR) is 134 cm³/mol. The van der Waals surface area contributed by atoms with E-state index in [1.54, 1.807) is 7.11 Å². The van der Waals surface area contributed by atoms with Crippen LogP contribution in [0.3, 0.4) is 0 Å². The van der Waals surface area contributed by atoms with Crippen molar-refractivity contribution in [1.29, 1.82) is 0 Å². The van der Waals surface area contributed by atoms with Crippen molar-refractivity contribution in [3.05, 3.63) is 65.5 Å². The minimum atomic E-state index is 0. The Kier molecular flexibility index (Phi) is 9.35. The lowest BCUT2D eigenvalue weighted by Gasteiger charge is -2.23. The molecule has 0 aliphatic rings. The number of aliphatic imine (C=N–C) groups is 1. The number of nitrogens with zero attached hydrogens (tertiary/aromatic N) is 6. The van der Waals surface area contributed by atoms with E-state index in [9.17, 15) is 0 Å². The number of aryl methyl sites for hydroxylation is 2. The third-order valence-electron chi connectivity index (χ3n) is 5.22. The second-order valence-corrected chi connectivity index (χ2v) is 7.35. The Morgan fingerprint density at radius 1 is 1.16 bits per heavy atom. The van der Waals surface area contributed by atoms with Crippen LogP contribution in [-0.4, -0.2) is 50.9 Å². The minimum absolute atomic E-state index is 0. The first kappa shape index (κ1) is 24.7. The van der Waals surface area contributed by atoms with E-state index < -0.39 is 0 Å². The molecule has 168 valence electrons. The fourth-order valence-corrected chi connectivity index (χ4v) is 3.14. The van der Waals surface area contributed by atoms with Crippen LogP contribution in [0.1, 0.15) is 22.9 Å². The molecule has 1 N–H and O–H groups in total. The molecule has 2 aromatic heterocycles. The number of halogens is 1. The number of benzene rings is 1. The molecule has 0 radical (unpaired) electrons. The molecule has 0 aliphatic carbocycles. The van der Waals surface area contributed by atoms with Crippen LogP contribution in [0.4, 0.5) is 0 Å². The highest BCUT2D eigenvalue weighted by atomic mass is 127. The average molecular weight is 537 g/mol. The molecule has 0 spiro atoms. The molecule has 8 nitrogen and oxygen atoms in total. The number of methoxy groups -OCH3 is 1. The summed E-state index contributed by atoms with van der Waals surface area (Å²) in [5, 5.41) is 11.9. The van der Waals surface area contributed by atoms with Gasteiger partial charge >= 0.3 is 0 Å². The Morgan fingerprint density at radius 2 is 1.90 bits per heavy atom. The smallest absolute Gasteiger partial charge is 0.194 e. The van der Waals surface area contributed by atoms with Gasteiger partial charge in [-0.2, -0.15) is 0 Å². The van der Waals surface area contributed by atoms with Crippen molar-refractivity contribution in [2.24, 2.45) is 19.1 Å². The van der Waals surface area contributed by atoms with Gasteiger partial charge in [-0.15, -0.1) is 34.2 Å². The molecule has 2 heterocycles. The summed E-state index contributed by atoms with van der Waals surface area (Å²) in [5.41, 5.74) is 2.47. The summed E-state index contributed by atoms with van der Waals surface area (Å²) < 4.78 is 9.32. The number of guanidine groups is 1. The quantitative estimate of drug-likeness (QED) is 0.272. The fraction of sp³-hybridized carbons (Fsp3) is 0.409. The Balaban J connectivity index is 0.00000341. The SMILES string of the molecule is COc1ccc(CCNC(=NCc2nnc(C)n2C)N(C)Cc2cccn2C)cc1.I. The van der Waals surface area contributed by atoms with E-state index in [4.69, 9.17) is 9.73 Å². The zero-order chi connectivity index (χ0) is 21.5. The first-order valence-corrected chi connectivity index (χ1v) is 10.1. The highest BCUT2D eigenvalue weighted by Crippen LogP contribution is 2.11. The Labute approximate surface area is 201 Å². The van der Waals surface area contributed by atoms with Crippen LogP contribution in [0, 0.1) is 6.92 Å². The maximum absolute atomic E-state index is 5.23. The van der Waals surface area contributed by atoms with Gasteiger partial charge in [0.2, 0.25) is 0 Å². The number of rotatable bonds is 8. The van der Waals surface area contributed by atoms with Crippen molar-refractivity contribution in [2.75, 3.05) is 20.7 Å². The molecule has 9 heteroatoms. The first-order valence-electron chi connectivity index (χ1n) is 10.1. The first-order chi connectivity index (χ1) is 14.5. The molecule has 3 aromatic rings. The molecule has 0 aliphatic heterocycles. The number of aromatic nitrogens is 4. The molecule has 0 fully saturated rings. The topological polar surface area (TPSA) is 72.5 Å². The zero-order valence-corrected chi connectivity index (χ0v) is 21.2. The van der Waals surface area contributed by atoms with E-state index in [2.05, 4.69) is 62.5 Å². The molecule has 31 heavy (non-hydrogen) atoms. The molecular weight excluding hydrogens is 505 g/mol. The van der Waals surface area contributed by atoms with E-state index in [0.29, 0.717) is 6.54 Å². The van der Waals surface area contributed by atoms with Gasteiger partial charge < -0.3 is 24.1 Å². The van der Waals surface area contributed by atoms with Crippen LogP contribution < -0.4 is 10.1 Å². The maximum Gasteiger partial charge on any atom is 0.194 e. The third kappa shape index (κ3) is 6.71. The van der Waals surface area contributed by atoms with Crippen LogP contribution in [0.25, 0.3) is 0 Å². The van der Waals surface area contributed by atoms with Gasteiger partial charge in [0.15, 0.2) is 11.8 Å². The predicted octanol–water partition coefficient (Wildman–Crippen LogP) is 2.91. The van der Waals surface area contributed by atoms with Crippen LogP contribution >= 0.6 is 24.0 Å². The van der Waals surface area contributed by atoms with Crippen molar-refractivity contribution >= 4 is 29.9 Å².